The van der Waals surface area contributed by atoms with Gasteiger partial charge in [0.2, 0.25) is 0 Å². The molecule has 0 atom stereocenters. The lowest BCUT2D eigenvalue weighted by atomic mass is 10.1. The summed E-state index contributed by atoms with van der Waals surface area (Å²) in [7, 11) is 0. The van der Waals surface area contributed by atoms with E-state index >= 15 is 0 Å². The second-order valence-corrected chi connectivity index (χ2v) is 7.87. The number of anilines is 1. The minimum Gasteiger partial charge on any atom is -0.368 e. The molecule has 6 heteroatoms. The Kier molecular flexibility index (Phi) is 7.83. The van der Waals surface area contributed by atoms with Crippen molar-refractivity contribution in [2.24, 2.45) is 0 Å². The third-order valence-electron chi connectivity index (χ3n) is 5.14. The first-order chi connectivity index (χ1) is 14.1. The smallest absolute Gasteiger partial charge is 0.251 e. The molecule has 2 aromatic carbocycles. The fourth-order valence-electron chi connectivity index (χ4n) is 3.43. The first kappa shape index (κ1) is 21.5. The quantitative estimate of drug-likeness (QED) is 0.526. The van der Waals surface area contributed by atoms with Crippen LogP contribution in [0.1, 0.15) is 28.8 Å². The number of hydrogen-bond donors (Lipinski definition) is 1. The van der Waals surface area contributed by atoms with Gasteiger partial charge in [0.15, 0.2) is 0 Å². The Morgan fingerprint density at radius 3 is 2.45 bits per heavy atom. The van der Waals surface area contributed by atoms with E-state index in [2.05, 4.69) is 21.0 Å². The minimum absolute atomic E-state index is 0.0550. The van der Waals surface area contributed by atoms with Gasteiger partial charge in [0.05, 0.1) is 15.7 Å². The highest BCUT2D eigenvalue weighted by atomic mass is 35.5. The molecule has 1 saturated heterocycles. The molecule has 1 fully saturated rings. The van der Waals surface area contributed by atoms with Crippen LogP contribution in [0.25, 0.3) is 0 Å². The van der Waals surface area contributed by atoms with Crippen LogP contribution < -0.4 is 10.2 Å². The van der Waals surface area contributed by atoms with Crippen LogP contribution in [0.5, 0.6) is 0 Å². The SMILES string of the molecule is C#Cc1ccc(C(=O)NCCCCN2CCN(c3cccc(Cl)c3Cl)CC2)cc1. The zero-order valence-corrected chi connectivity index (χ0v) is 17.8. The number of halogens is 2. The topological polar surface area (TPSA) is 35.6 Å². The van der Waals surface area contributed by atoms with E-state index in [9.17, 15) is 4.79 Å². The highest BCUT2D eigenvalue weighted by Gasteiger charge is 2.19. The summed E-state index contributed by atoms with van der Waals surface area (Å²) < 4.78 is 0. The summed E-state index contributed by atoms with van der Waals surface area (Å²) in [5.74, 6) is 2.49. The highest BCUT2D eigenvalue weighted by Crippen LogP contribution is 2.32. The molecule has 0 unspecified atom stereocenters. The molecule has 1 N–H and O–H groups in total. The Morgan fingerprint density at radius 1 is 1.03 bits per heavy atom. The summed E-state index contributed by atoms with van der Waals surface area (Å²) in [6.07, 6.45) is 7.34. The molecule has 0 aliphatic carbocycles. The molecular formula is C23H25Cl2N3O. The number of nitrogens with zero attached hydrogens (tertiary/aromatic N) is 2. The van der Waals surface area contributed by atoms with Crippen LogP contribution in [0, 0.1) is 12.3 Å². The van der Waals surface area contributed by atoms with Crippen LogP contribution in [0.4, 0.5) is 5.69 Å². The number of rotatable bonds is 7. The molecule has 29 heavy (non-hydrogen) atoms. The number of carbonyl (C=O) groups is 1. The predicted molar refractivity (Wildman–Crippen MR) is 121 cm³/mol. The number of piperazine rings is 1. The second-order valence-electron chi connectivity index (χ2n) is 7.09. The van der Waals surface area contributed by atoms with Gasteiger partial charge in [-0.2, -0.15) is 0 Å². The Balaban J connectivity index is 1.33. The Bertz CT molecular complexity index is 869. The number of carbonyl (C=O) groups excluding carboxylic acids is 1. The van der Waals surface area contributed by atoms with Crippen molar-refractivity contribution in [1.82, 2.24) is 10.2 Å². The first-order valence-corrected chi connectivity index (χ1v) is 10.6. The van der Waals surface area contributed by atoms with Gasteiger partial charge >= 0.3 is 0 Å². The molecular weight excluding hydrogens is 405 g/mol. The van der Waals surface area contributed by atoms with Crippen LogP contribution in [0.15, 0.2) is 42.5 Å². The third kappa shape index (κ3) is 5.90. The summed E-state index contributed by atoms with van der Waals surface area (Å²) in [6, 6.07) is 12.9. The van der Waals surface area contributed by atoms with Crippen molar-refractivity contribution in [3.63, 3.8) is 0 Å². The van der Waals surface area contributed by atoms with Crippen molar-refractivity contribution in [1.29, 1.82) is 0 Å². The van der Waals surface area contributed by atoms with Crippen molar-refractivity contribution < 1.29 is 4.79 Å². The summed E-state index contributed by atoms with van der Waals surface area (Å²) in [6.45, 7) is 5.57. The zero-order valence-electron chi connectivity index (χ0n) is 16.3. The van der Waals surface area contributed by atoms with E-state index in [-0.39, 0.29) is 5.91 Å². The van der Waals surface area contributed by atoms with E-state index in [0.717, 1.165) is 56.8 Å². The van der Waals surface area contributed by atoms with Gasteiger partial charge in [-0.25, -0.2) is 0 Å². The van der Waals surface area contributed by atoms with E-state index < -0.39 is 0 Å². The standard InChI is InChI=1S/C23H25Cl2N3O/c1-2-18-8-10-19(11-9-18)23(29)26-12-3-4-13-27-14-16-28(17-15-27)21-7-5-6-20(24)22(21)25/h1,5-11H,3-4,12-17H2,(H,26,29). The normalized spacial score (nSPS) is 14.4. The molecule has 1 amide bonds. The third-order valence-corrected chi connectivity index (χ3v) is 5.95. The molecule has 3 rings (SSSR count). The number of amides is 1. The molecule has 1 heterocycles. The van der Waals surface area contributed by atoms with Gasteiger partial charge in [0.25, 0.3) is 5.91 Å². The summed E-state index contributed by atoms with van der Waals surface area (Å²) in [5, 5.41) is 4.20. The number of hydrogen-bond acceptors (Lipinski definition) is 3. The van der Waals surface area contributed by atoms with Gasteiger partial charge in [-0.3, -0.25) is 9.69 Å². The Labute approximate surface area is 182 Å². The van der Waals surface area contributed by atoms with E-state index in [1.54, 1.807) is 24.3 Å². The molecule has 1 aliphatic rings. The predicted octanol–water partition coefficient (Wildman–Crippen LogP) is 4.31. The second kappa shape index (κ2) is 10.5. The Morgan fingerprint density at radius 2 is 1.76 bits per heavy atom. The monoisotopic (exact) mass is 429 g/mol. The van der Waals surface area contributed by atoms with Crippen LogP contribution >= 0.6 is 23.2 Å². The fourth-order valence-corrected chi connectivity index (χ4v) is 3.85. The van der Waals surface area contributed by atoms with Gasteiger partial charge in [0.1, 0.15) is 0 Å². The van der Waals surface area contributed by atoms with Gasteiger partial charge in [0, 0.05) is 43.9 Å². The van der Waals surface area contributed by atoms with Crippen molar-refractivity contribution in [2.45, 2.75) is 12.8 Å². The lowest BCUT2D eigenvalue weighted by molar-refractivity contribution is 0.0952. The van der Waals surface area contributed by atoms with Crippen molar-refractivity contribution in [2.75, 3.05) is 44.2 Å². The van der Waals surface area contributed by atoms with Gasteiger partial charge in [-0.1, -0.05) is 35.2 Å². The summed E-state index contributed by atoms with van der Waals surface area (Å²) in [5.41, 5.74) is 2.43. The lowest BCUT2D eigenvalue weighted by Crippen LogP contribution is -2.46. The number of unbranched alkanes of at least 4 members (excludes halogenated alkanes) is 1. The maximum Gasteiger partial charge on any atom is 0.251 e. The first-order valence-electron chi connectivity index (χ1n) is 9.84. The number of nitrogens with one attached hydrogen (secondary N) is 1. The van der Waals surface area contributed by atoms with Crippen molar-refractivity contribution in [3.05, 3.63) is 63.6 Å². The average Bonchev–Trinajstić information content (AvgIpc) is 2.76. The average molecular weight is 430 g/mol. The van der Waals surface area contributed by atoms with E-state index in [1.165, 1.54) is 0 Å². The maximum atomic E-state index is 12.1. The largest absolute Gasteiger partial charge is 0.368 e. The summed E-state index contributed by atoms with van der Waals surface area (Å²) in [4.78, 5) is 16.9. The van der Waals surface area contributed by atoms with Gasteiger partial charge in [-0.05, 0) is 55.8 Å². The van der Waals surface area contributed by atoms with Crippen molar-refractivity contribution in [3.8, 4) is 12.3 Å². The molecule has 0 radical (unpaired) electrons. The van der Waals surface area contributed by atoms with Gasteiger partial charge in [-0.15, -0.1) is 6.42 Å². The van der Waals surface area contributed by atoms with E-state index in [0.29, 0.717) is 22.2 Å². The number of terminal acetylenes is 1. The van der Waals surface area contributed by atoms with E-state index in [1.807, 2.05) is 18.2 Å². The molecule has 2 aromatic rings. The molecule has 0 bridgehead atoms. The lowest BCUT2D eigenvalue weighted by Gasteiger charge is -2.36. The van der Waals surface area contributed by atoms with Crippen LogP contribution in [0.3, 0.4) is 0 Å². The van der Waals surface area contributed by atoms with Gasteiger partial charge < -0.3 is 10.2 Å². The molecule has 1 aliphatic heterocycles. The molecule has 4 nitrogen and oxygen atoms in total. The highest BCUT2D eigenvalue weighted by molar-refractivity contribution is 6.43. The maximum absolute atomic E-state index is 12.1. The van der Waals surface area contributed by atoms with Crippen molar-refractivity contribution >= 4 is 34.8 Å². The minimum atomic E-state index is -0.0550. The number of benzene rings is 2. The molecule has 0 spiro atoms. The Hall–Kier alpha value is -2.19. The van der Waals surface area contributed by atoms with Crippen LogP contribution in [-0.2, 0) is 0 Å². The van der Waals surface area contributed by atoms with Crippen LogP contribution in [-0.4, -0.2) is 50.1 Å². The van der Waals surface area contributed by atoms with E-state index in [4.69, 9.17) is 29.6 Å². The molecule has 152 valence electrons. The van der Waals surface area contributed by atoms with Crippen LogP contribution in [0.2, 0.25) is 10.0 Å². The molecule has 0 saturated carbocycles. The summed E-state index contributed by atoms with van der Waals surface area (Å²) >= 11 is 12.5. The molecule has 0 aromatic heterocycles. The fraction of sp³-hybridized carbons (Fsp3) is 0.348. The zero-order chi connectivity index (χ0) is 20.6.